The van der Waals surface area contributed by atoms with Crippen LogP contribution >= 0.6 is 0 Å². The van der Waals surface area contributed by atoms with Crippen molar-refractivity contribution in [2.24, 2.45) is 0 Å². The molecule has 2 rings (SSSR count). The summed E-state index contributed by atoms with van der Waals surface area (Å²) in [6.45, 7) is 8.59. The smallest absolute Gasteiger partial charge is 0.315 e. The second kappa shape index (κ2) is 7.16. The van der Waals surface area contributed by atoms with Crippen LogP contribution in [-0.2, 0) is 6.42 Å². The standard InChI is InChI=1S/C18H24N2O2/c1-12-5-7-16(13(2)11-12)9-10-19-18(21)20-15(4)17-8-6-14(3)22-17/h5-8,11,15H,9-10H2,1-4H3,(H2,19,20,21). The molecule has 2 N–H and O–H groups in total. The van der Waals surface area contributed by atoms with Crippen molar-refractivity contribution < 1.29 is 9.21 Å². The minimum atomic E-state index is -0.175. The molecule has 0 aliphatic heterocycles. The summed E-state index contributed by atoms with van der Waals surface area (Å²) in [5.41, 5.74) is 3.79. The van der Waals surface area contributed by atoms with Gasteiger partial charge in [-0.25, -0.2) is 4.79 Å². The van der Waals surface area contributed by atoms with Gasteiger partial charge in [0.1, 0.15) is 11.5 Å². The first-order chi connectivity index (χ1) is 10.5. The predicted molar refractivity (Wildman–Crippen MR) is 88.0 cm³/mol. The fourth-order valence-corrected chi connectivity index (χ4v) is 2.44. The normalized spacial score (nSPS) is 12.0. The third-order valence-electron chi connectivity index (χ3n) is 3.71. The van der Waals surface area contributed by atoms with Gasteiger partial charge in [-0.2, -0.15) is 0 Å². The van der Waals surface area contributed by atoms with E-state index in [0.29, 0.717) is 6.54 Å². The molecule has 1 heterocycles. The van der Waals surface area contributed by atoms with Crippen molar-refractivity contribution in [2.45, 2.75) is 40.2 Å². The second-order valence-electron chi connectivity index (χ2n) is 5.75. The van der Waals surface area contributed by atoms with Gasteiger partial charge in [-0.1, -0.05) is 23.8 Å². The highest BCUT2D eigenvalue weighted by atomic mass is 16.3. The maximum absolute atomic E-state index is 11.9. The Balaban J connectivity index is 1.78. The average molecular weight is 300 g/mol. The van der Waals surface area contributed by atoms with Gasteiger partial charge in [0.2, 0.25) is 0 Å². The van der Waals surface area contributed by atoms with Crippen molar-refractivity contribution >= 4 is 6.03 Å². The summed E-state index contributed by atoms with van der Waals surface area (Å²) in [6.07, 6.45) is 0.827. The third kappa shape index (κ3) is 4.38. The van der Waals surface area contributed by atoms with Gasteiger partial charge in [-0.15, -0.1) is 0 Å². The van der Waals surface area contributed by atoms with E-state index in [4.69, 9.17) is 4.42 Å². The number of amides is 2. The Labute approximate surface area is 131 Å². The van der Waals surface area contributed by atoms with E-state index in [-0.39, 0.29) is 12.1 Å². The van der Waals surface area contributed by atoms with Crippen LogP contribution in [0.5, 0.6) is 0 Å². The van der Waals surface area contributed by atoms with E-state index in [1.807, 2.05) is 26.0 Å². The number of hydrogen-bond acceptors (Lipinski definition) is 2. The second-order valence-corrected chi connectivity index (χ2v) is 5.75. The van der Waals surface area contributed by atoms with Crippen LogP contribution in [0.2, 0.25) is 0 Å². The largest absolute Gasteiger partial charge is 0.464 e. The van der Waals surface area contributed by atoms with Crippen molar-refractivity contribution in [3.05, 3.63) is 58.5 Å². The zero-order valence-electron chi connectivity index (χ0n) is 13.7. The molecule has 1 atom stereocenters. The van der Waals surface area contributed by atoms with E-state index in [9.17, 15) is 4.79 Å². The number of furan rings is 1. The number of rotatable bonds is 5. The molecule has 22 heavy (non-hydrogen) atoms. The molecule has 118 valence electrons. The average Bonchev–Trinajstić information content (AvgIpc) is 2.88. The van der Waals surface area contributed by atoms with Gasteiger partial charge in [0.05, 0.1) is 6.04 Å². The Bertz CT molecular complexity index is 646. The molecule has 2 aromatic rings. The fourth-order valence-electron chi connectivity index (χ4n) is 2.44. The predicted octanol–water partition coefficient (Wildman–Crippen LogP) is 3.81. The minimum absolute atomic E-state index is 0.144. The highest BCUT2D eigenvalue weighted by Gasteiger charge is 2.12. The maximum atomic E-state index is 11.9. The SMILES string of the molecule is Cc1ccc(CCNC(=O)NC(C)c2ccc(C)o2)c(C)c1. The number of urea groups is 1. The molecule has 4 heteroatoms. The summed E-state index contributed by atoms with van der Waals surface area (Å²) < 4.78 is 5.50. The van der Waals surface area contributed by atoms with Crippen LogP contribution in [0, 0.1) is 20.8 Å². The van der Waals surface area contributed by atoms with Crippen molar-refractivity contribution in [3.63, 3.8) is 0 Å². The summed E-state index contributed by atoms with van der Waals surface area (Å²) in [7, 11) is 0. The zero-order chi connectivity index (χ0) is 16.1. The fraction of sp³-hybridized carbons (Fsp3) is 0.389. The first-order valence-corrected chi connectivity index (χ1v) is 7.62. The van der Waals surface area contributed by atoms with Crippen LogP contribution in [0.15, 0.2) is 34.7 Å². The lowest BCUT2D eigenvalue weighted by Crippen LogP contribution is -2.38. The van der Waals surface area contributed by atoms with Crippen LogP contribution < -0.4 is 10.6 Å². The monoisotopic (exact) mass is 300 g/mol. The summed E-state index contributed by atoms with van der Waals surface area (Å²) in [5, 5.41) is 5.76. The van der Waals surface area contributed by atoms with E-state index < -0.39 is 0 Å². The van der Waals surface area contributed by atoms with Crippen molar-refractivity contribution in [1.29, 1.82) is 0 Å². The van der Waals surface area contributed by atoms with E-state index >= 15 is 0 Å². The Morgan fingerprint density at radius 3 is 2.59 bits per heavy atom. The van der Waals surface area contributed by atoms with E-state index in [1.54, 1.807) is 0 Å². The van der Waals surface area contributed by atoms with E-state index in [1.165, 1.54) is 16.7 Å². The Kier molecular flexibility index (Phi) is 5.26. The van der Waals surface area contributed by atoms with Gasteiger partial charge >= 0.3 is 6.03 Å². The number of carbonyl (C=O) groups is 1. The van der Waals surface area contributed by atoms with Gasteiger partial charge in [0, 0.05) is 6.54 Å². The molecular weight excluding hydrogens is 276 g/mol. The summed E-state index contributed by atoms with van der Waals surface area (Å²) in [5.74, 6) is 1.61. The van der Waals surface area contributed by atoms with Crippen molar-refractivity contribution in [2.75, 3.05) is 6.54 Å². The maximum Gasteiger partial charge on any atom is 0.315 e. The van der Waals surface area contributed by atoms with Crippen LogP contribution in [0.4, 0.5) is 4.79 Å². The molecule has 0 radical (unpaired) electrons. The highest BCUT2D eigenvalue weighted by Crippen LogP contribution is 2.15. The Morgan fingerprint density at radius 2 is 1.95 bits per heavy atom. The topological polar surface area (TPSA) is 54.3 Å². The van der Waals surface area contributed by atoms with Gasteiger partial charge in [0.25, 0.3) is 0 Å². The van der Waals surface area contributed by atoms with Gasteiger partial charge < -0.3 is 15.1 Å². The molecule has 0 fully saturated rings. The Morgan fingerprint density at radius 1 is 1.18 bits per heavy atom. The quantitative estimate of drug-likeness (QED) is 0.882. The van der Waals surface area contributed by atoms with Crippen LogP contribution in [0.3, 0.4) is 0 Å². The van der Waals surface area contributed by atoms with Crippen molar-refractivity contribution in [3.8, 4) is 0 Å². The van der Waals surface area contributed by atoms with E-state index in [2.05, 4.69) is 42.7 Å². The summed E-state index contributed by atoms with van der Waals surface area (Å²) in [4.78, 5) is 11.9. The Hall–Kier alpha value is -2.23. The molecule has 0 saturated carbocycles. The van der Waals surface area contributed by atoms with Crippen molar-refractivity contribution in [1.82, 2.24) is 10.6 Å². The molecule has 0 aliphatic rings. The van der Waals surface area contributed by atoms with Gasteiger partial charge in [-0.05, 0) is 57.4 Å². The van der Waals surface area contributed by atoms with Crippen LogP contribution in [-0.4, -0.2) is 12.6 Å². The van der Waals surface area contributed by atoms with Gasteiger partial charge in [-0.3, -0.25) is 0 Å². The number of nitrogens with one attached hydrogen (secondary N) is 2. The number of carbonyl (C=O) groups excluding carboxylic acids is 1. The molecule has 0 spiro atoms. The molecular formula is C18H24N2O2. The number of benzene rings is 1. The molecule has 0 aliphatic carbocycles. The highest BCUT2D eigenvalue weighted by molar-refractivity contribution is 5.74. The van der Waals surface area contributed by atoms with Crippen LogP contribution in [0.25, 0.3) is 0 Å². The number of aryl methyl sites for hydroxylation is 3. The molecule has 4 nitrogen and oxygen atoms in total. The van der Waals surface area contributed by atoms with E-state index in [0.717, 1.165) is 17.9 Å². The summed E-state index contributed by atoms with van der Waals surface area (Å²) >= 11 is 0. The number of hydrogen-bond donors (Lipinski definition) is 2. The molecule has 1 aromatic carbocycles. The zero-order valence-corrected chi connectivity index (χ0v) is 13.7. The minimum Gasteiger partial charge on any atom is -0.464 e. The molecule has 0 saturated heterocycles. The molecule has 0 bridgehead atoms. The lowest BCUT2D eigenvalue weighted by atomic mass is 10.0. The van der Waals surface area contributed by atoms with Gasteiger partial charge in [0.15, 0.2) is 0 Å². The molecule has 1 aromatic heterocycles. The van der Waals surface area contributed by atoms with Crippen LogP contribution in [0.1, 0.15) is 41.2 Å². The third-order valence-corrected chi connectivity index (χ3v) is 3.71. The molecule has 2 amide bonds. The summed E-state index contributed by atoms with van der Waals surface area (Å²) in [6, 6.07) is 9.85. The first-order valence-electron chi connectivity index (χ1n) is 7.62. The first kappa shape index (κ1) is 16.1. The molecule has 1 unspecified atom stereocenters. The lowest BCUT2D eigenvalue weighted by molar-refractivity contribution is 0.236. The lowest BCUT2D eigenvalue weighted by Gasteiger charge is -2.13.